The fourth-order valence-electron chi connectivity index (χ4n) is 2.27. The number of aromatic nitrogens is 2. The van der Waals surface area contributed by atoms with Crippen LogP contribution in [0.4, 0.5) is 0 Å². The first kappa shape index (κ1) is 16.2. The number of benzene rings is 1. The molecule has 124 valence electrons. The Morgan fingerprint density at radius 3 is 2.50 bits per heavy atom. The number of ether oxygens (including phenoxy) is 1. The summed E-state index contributed by atoms with van der Waals surface area (Å²) in [4.78, 5) is 16.7. The topological polar surface area (TPSA) is 77.7 Å². The minimum atomic E-state index is -3.23. The first-order valence-electron chi connectivity index (χ1n) is 7.25. The van der Waals surface area contributed by atoms with Gasteiger partial charge in [-0.05, 0) is 48.9 Å². The summed E-state index contributed by atoms with van der Waals surface area (Å²) >= 11 is 0. The predicted octanol–water partition coefficient (Wildman–Crippen LogP) is 1.99. The van der Waals surface area contributed by atoms with Crippen molar-refractivity contribution in [2.24, 2.45) is 0 Å². The van der Waals surface area contributed by atoms with E-state index in [9.17, 15) is 13.2 Å². The van der Waals surface area contributed by atoms with Gasteiger partial charge in [-0.3, -0.25) is 9.20 Å². The normalized spacial score (nSPS) is 11.6. The molecule has 0 bridgehead atoms. The molecule has 0 radical (unpaired) electrons. The second-order valence-electron chi connectivity index (χ2n) is 5.55. The highest BCUT2D eigenvalue weighted by Gasteiger charge is 2.07. The molecule has 0 atom stereocenters. The standard InChI is InChI=1S/C17H16N2O4S/c1-12-7-8-19-16(9-12)18-13(10-17(19)20)11-23-14-3-5-15(6-4-14)24(2,21)22/h3-10H,11H2,1-2H3. The van der Waals surface area contributed by atoms with E-state index >= 15 is 0 Å². The molecule has 3 aromatic rings. The molecule has 3 rings (SSSR count). The number of fused-ring (bicyclic) bond motifs is 1. The summed E-state index contributed by atoms with van der Waals surface area (Å²) in [5.41, 5.74) is 1.91. The molecule has 0 aliphatic carbocycles. The maximum Gasteiger partial charge on any atom is 0.258 e. The van der Waals surface area contributed by atoms with Crippen LogP contribution in [-0.2, 0) is 16.4 Å². The number of pyridine rings is 1. The van der Waals surface area contributed by atoms with Crippen molar-refractivity contribution in [3.8, 4) is 5.75 Å². The van der Waals surface area contributed by atoms with Gasteiger partial charge in [0.2, 0.25) is 0 Å². The van der Waals surface area contributed by atoms with Crippen LogP contribution in [0.25, 0.3) is 5.65 Å². The second-order valence-corrected chi connectivity index (χ2v) is 7.57. The van der Waals surface area contributed by atoms with Gasteiger partial charge in [-0.2, -0.15) is 0 Å². The number of sulfone groups is 1. The van der Waals surface area contributed by atoms with Crippen molar-refractivity contribution in [3.05, 3.63) is 70.3 Å². The van der Waals surface area contributed by atoms with Crippen LogP contribution in [0.5, 0.6) is 5.75 Å². The summed E-state index contributed by atoms with van der Waals surface area (Å²) in [7, 11) is -3.23. The third-order valence-corrected chi connectivity index (χ3v) is 4.64. The van der Waals surface area contributed by atoms with Gasteiger partial charge in [-0.1, -0.05) is 0 Å². The van der Waals surface area contributed by atoms with Crippen LogP contribution >= 0.6 is 0 Å². The Kier molecular flexibility index (Phi) is 4.11. The van der Waals surface area contributed by atoms with Crippen LogP contribution < -0.4 is 10.3 Å². The van der Waals surface area contributed by atoms with Crippen LogP contribution in [0.3, 0.4) is 0 Å². The third kappa shape index (κ3) is 3.46. The molecule has 0 spiro atoms. The highest BCUT2D eigenvalue weighted by Crippen LogP contribution is 2.16. The van der Waals surface area contributed by atoms with Gasteiger partial charge in [0.15, 0.2) is 9.84 Å². The summed E-state index contributed by atoms with van der Waals surface area (Å²) in [6, 6.07) is 11.2. The third-order valence-electron chi connectivity index (χ3n) is 3.51. The number of hydrogen-bond acceptors (Lipinski definition) is 5. The van der Waals surface area contributed by atoms with Gasteiger partial charge < -0.3 is 4.74 Å². The average Bonchev–Trinajstić information content (AvgIpc) is 2.52. The number of nitrogens with zero attached hydrogens (tertiary/aromatic N) is 2. The largest absolute Gasteiger partial charge is 0.487 e. The van der Waals surface area contributed by atoms with E-state index in [1.807, 2.05) is 19.1 Å². The molecule has 0 saturated heterocycles. The highest BCUT2D eigenvalue weighted by molar-refractivity contribution is 7.90. The van der Waals surface area contributed by atoms with Crippen LogP contribution in [0.2, 0.25) is 0 Å². The lowest BCUT2D eigenvalue weighted by atomic mass is 10.3. The predicted molar refractivity (Wildman–Crippen MR) is 90.1 cm³/mol. The van der Waals surface area contributed by atoms with Gasteiger partial charge in [0.25, 0.3) is 5.56 Å². The van der Waals surface area contributed by atoms with Crippen molar-refractivity contribution >= 4 is 15.5 Å². The van der Waals surface area contributed by atoms with E-state index in [1.54, 1.807) is 18.3 Å². The van der Waals surface area contributed by atoms with Crippen molar-refractivity contribution in [1.82, 2.24) is 9.38 Å². The minimum Gasteiger partial charge on any atom is -0.487 e. The zero-order chi connectivity index (χ0) is 17.3. The molecule has 0 unspecified atom stereocenters. The monoisotopic (exact) mass is 344 g/mol. The van der Waals surface area contributed by atoms with E-state index in [0.29, 0.717) is 17.1 Å². The van der Waals surface area contributed by atoms with E-state index in [-0.39, 0.29) is 17.1 Å². The molecule has 2 heterocycles. The molecule has 24 heavy (non-hydrogen) atoms. The lowest BCUT2D eigenvalue weighted by Gasteiger charge is -2.08. The smallest absolute Gasteiger partial charge is 0.258 e. The Bertz CT molecular complexity index is 1050. The van der Waals surface area contributed by atoms with Crippen molar-refractivity contribution in [2.45, 2.75) is 18.4 Å². The van der Waals surface area contributed by atoms with Gasteiger partial charge in [0.05, 0.1) is 10.6 Å². The fraction of sp³-hybridized carbons (Fsp3) is 0.176. The quantitative estimate of drug-likeness (QED) is 0.723. The van der Waals surface area contributed by atoms with Crippen LogP contribution in [-0.4, -0.2) is 24.1 Å². The Labute approximate surface area is 139 Å². The molecule has 0 aliphatic heterocycles. The summed E-state index contributed by atoms with van der Waals surface area (Å²) in [5.74, 6) is 0.508. The van der Waals surface area contributed by atoms with Crippen molar-refractivity contribution in [3.63, 3.8) is 0 Å². The van der Waals surface area contributed by atoms with Crippen LogP contribution in [0.15, 0.2) is 58.4 Å². The Morgan fingerprint density at radius 1 is 1.12 bits per heavy atom. The van der Waals surface area contributed by atoms with E-state index < -0.39 is 9.84 Å². The summed E-state index contributed by atoms with van der Waals surface area (Å²) in [6.45, 7) is 2.05. The van der Waals surface area contributed by atoms with Crippen LogP contribution in [0.1, 0.15) is 11.3 Å². The van der Waals surface area contributed by atoms with Crippen LogP contribution in [0, 0.1) is 6.92 Å². The zero-order valence-electron chi connectivity index (χ0n) is 13.3. The molecule has 0 fully saturated rings. The zero-order valence-corrected chi connectivity index (χ0v) is 14.1. The van der Waals surface area contributed by atoms with Crippen molar-refractivity contribution in [1.29, 1.82) is 0 Å². The number of rotatable bonds is 4. The Hall–Kier alpha value is -2.67. The molecule has 0 saturated carbocycles. The van der Waals surface area contributed by atoms with Gasteiger partial charge in [0.1, 0.15) is 18.0 Å². The average molecular weight is 344 g/mol. The van der Waals surface area contributed by atoms with Gasteiger partial charge in [0, 0.05) is 18.5 Å². The van der Waals surface area contributed by atoms with E-state index in [0.717, 1.165) is 11.8 Å². The lowest BCUT2D eigenvalue weighted by molar-refractivity contribution is 0.301. The molecule has 1 aromatic carbocycles. The molecule has 2 aromatic heterocycles. The number of aryl methyl sites for hydroxylation is 1. The summed E-state index contributed by atoms with van der Waals surface area (Å²) < 4.78 is 29.9. The number of hydrogen-bond donors (Lipinski definition) is 0. The summed E-state index contributed by atoms with van der Waals surface area (Å²) in [6.07, 6.45) is 2.84. The van der Waals surface area contributed by atoms with Gasteiger partial charge >= 0.3 is 0 Å². The van der Waals surface area contributed by atoms with E-state index in [4.69, 9.17) is 4.74 Å². The Morgan fingerprint density at radius 2 is 1.83 bits per heavy atom. The minimum absolute atomic E-state index is 0.123. The maximum atomic E-state index is 12.1. The molecule has 6 nitrogen and oxygen atoms in total. The van der Waals surface area contributed by atoms with Crippen molar-refractivity contribution in [2.75, 3.05) is 6.26 Å². The Balaban J connectivity index is 1.82. The summed E-state index contributed by atoms with van der Waals surface area (Å²) in [5, 5.41) is 0. The lowest BCUT2D eigenvalue weighted by Crippen LogP contribution is -2.16. The van der Waals surface area contributed by atoms with E-state index in [1.165, 1.54) is 22.6 Å². The van der Waals surface area contributed by atoms with Gasteiger partial charge in [-0.15, -0.1) is 0 Å². The first-order valence-corrected chi connectivity index (χ1v) is 9.14. The molecule has 0 N–H and O–H groups in total. The molecule has 0 amide bonds. The van der Waals surface area contributed by atoms with Gasteiger partial charge in [-0.25, -0.2) is 13.4 Å². The fourth-order valence-corrected chi connectivity index (χ4v) is 2.90. The molecular weight excluding hydrogens is 328 g/mol. The molecule has 0 aliphatic rings. The van der Waals surface area contributed by atoms with E-state index in [2.05, 4.69) is 4.98 Å². The highest BCUT2D eigenvalue weighted by atomic mass is 32.2. The molecular formula is C17H16N2O4S. The first-order chi connectivity index (χ1) is 11.3. The maximum absolute atomic E-state index is 12.1. The SMILES string of the molecule is Cc1ccn2c(=O)cc(COc3ccc(S(C)(=O)=O)cc3)nc2c1. The second kappa shape index (κ2) is 6.09. The molecule has 7 heteroatoms. The van der Waals surface area contributed by atoms with Crippen molar-refractivity contribution < 1.29 is 13.2 Å².